The van der Waals surface area contributed by atoms with E-state index in [1.807, 2.05) is 32.0 Å². The van der Waals surface area contributed by atoms with Crippen LogP contribution in [0.2, 0.25) is 5.02 Å². The molecule has 7 nitrogen and oxygen atoms in total. The van der Waals surface area contributed by atoms with E-state index in [0.717, 1.165) is 16.7 Å². The quantitative estimate of drug-likeness (QED) is 0.502. The lowest BCUT2D eigenvalue weighted by atomic mass is 10.1. The number of nitrogens with zero attached hydrogens (tertiary/aromatic N) is 4. The number of rotatable bonds is 4. The number of ether oxygens (including phenoxy) is 1. The largest absolute Gasteiger partial charge is 0.425 e. The number of hydrogen-bond acceptors (Lipinski definition) is 4. The fraction of sp³-hybridized carbons (Fsp3) is 0.227. The van der Waals surface area contributed by atoms with Crippen molar-refractivity contribution in [3.8, 4) is 11.8 Å². The Morgan fingerprint density at radius 3 is 2.40 bits per heavy atom. The predicted octanol–water partition coefficient (Wildman–Crippen LogP) is 3.54. The van der Waals surface area contributed by atoms with E-state index in [-0.39, 0.29) is 18.2 Å². The van der Waals surface area contributed by atoms with Crippen LogP contribution in [-0.2, 0) is 20.6 Å². The molecular weight excluding hydrogens is 404 g/mol. The van der Waals surface area contributed by atoms with Gasteiger partial charge in [-0.15, -0.1) is 0 Å². The molecule has 154 valence electrons. The Labute approximate surface area is 177 Å². The van der Waals surface area contributed by atoms with Gasteiger partial charge in [-0.05, 0) is 48.7 Å². The Bertz CT molecular complexity index is 1380. The molecule has 4 rings (SSSR count). The van der Waals surface area contributed by atoms with Crippen molar-refractivity contribution < 1.29 is 4.74 Å². The molecule has 0 aliphatic heterocycles. The van der Waals surface area contributed by atoms with E-state index in [0.29, 0.717) is 16.3 Å². The first-order valence-electron chi connectivity index (χ1n) is 9.42. The van der Waals surface area contributed by atoms with Gasteiger partial charge in [-0.3, -0.25) is 18.5 Å². The smallest absolute Gasteiger partial charge is 0.332 e. The maximum atomic E-state index is 13.2. The predicted molar refractivity (Wildman–Crippen MR) is 117 cm³/mol. The number of halogens is 1. The highest BCUT2D eigenvalue weighted by molar-refractivity contribution is 6.30. The van der Waals surface area contributed by atoms with Crippen LogP contribution in [0.15, 0.2) is 52.1 Å². The van der Waals surface area contributed by atoms with Gasteiger partial charge < -0.3 is 4.74 Å². The van der Waals surface area contributed by atoms with Gasteiger partial charge in [0.1, 0.15) is 5.75 Å². The molecule has 0 aliphatic carbocycles. The molecule has 0 N–H and O–H groups in total. The molecule has 2 aromatic carbocycles. The number of fused-ring (bicyclic) bond motifs is 1. The van der Waals surface area contributed by atoms with Crippen molar-refractivity contribution in [1.29, 1.82) is 0 Å². The van der Waals surface area contributed by atoms with Gasteiger partial charge >= 0.3 is 11.7 Å². The number of hydrogen-bond donors (Lipinski definition) is 0. The molecule has 2 heterocycles. The van der Waals surface area contributed by atoms with E-state index < -0.39 is 11.2 Å². The summed E-state index contributed by atoms with van der Waals surface area (Å²) in [5.74, 6) is 0.653. The second-order valence-corrected chi connectivity index (χ2v) is 7.79. The third kappa shape index (κ3) is 3.41. The molecule has 0 amide bonds. The van der Waals surface area contributed by atoms with Gasteiger partial charge in [0.2, 0.25) is 0 Å². The Morgan fingerprint density at radius 1 is 1.00 bits per heavy atom. The summed E-state index contributed by atoms with van der Waals surface area (Å²) < 4.78 is 10.1. The zero-order valence-corrected chi connectivity index (χ0v) is 17.9. The van der Waals surface area contributed by atoms with Gasteiger partial charge in [-0.25, -0.2) is 4.79 Å². The lowest BCUT2D eigenvalue weighted by Crippen LogP contribution is -2.39. The summed E-state index contributed by atoms with van der Waals surface area (Å²) in [7, 11) is 3.30. The number of aromatic nitrogens is 4. The molecule has 0 radical (unpaired) electrons. The molecule has 0 saturated carbocycles. The van der Waals surface area contributed by atoms with Crippen molar-refractivity contribution in [3.05, 3.63) is 85.0 Å². The Balaban J connectivity index is 1.85. The first kappa shape index (κ1) is 20.0. The molecular formula is C22H21ClN4O3. The van der Waals surface area contributed by atoms with Crippen LogP contribution >= 0.6 is 11.6 Å². The van der Waals surface area contributed by atoms with E-state index in [9.17, 15) is 9.59 Å². The van der Waals surface area contributed by atoms with Gasteiger partial charge in [-0.2, -0.15) is 4.98 Å². The fourth-order valence-corrected chi connectivity index (χ4v) is 3.47. The van der Waals surface area contributed by atoms with Crippen molar-refractivity contribution in [2.75, 3.05) is 0 Å². The molecule has 0 spiro atoms. The summed E-state index contributed by atoms with van der Waals surface area (Å²) in [4.78, 5) is 30.5. The molecule has 0 fully saturated rings. The third-order valence-corrected chi connectivity index (χ3v) is 5.37. The summed E-state index contributed by atoms with van der Waals surface area (Å²) in [5.41, 5.74) is 2.50. The van der Waals surface area contributed by atoms with E-state index in [1.165, 1.54) is 9.13 Å². The second kappa shape index (κ2) is 7.50. The monoisotopic (exact) mass is 424 g/mol. The number of aryl methyl sites for hydroxylation is 4. The van der Waals surface area contributed by atoms with Gasteiger partial charge in [0.05, 0.1) is 6.54 Å². The lowest BCUT2D eigenvalue weighted by molar-refractivity contribution is 0.424. The average Bonchev–Trinajstić information content (AvgIpc) is 3.04. The number of benzene rings is 2. The first-order valence-corrected chi connectivity index (χ1v) is 9.80. The van der Waals surface area contributed by atoms with E-state index in [2.05, 4.69) is 4.98 Å². The highest BCUT2D eigenvalue weighted by Crippen LogP contribution is 2.26. The summed E-state index contributed by atoms with van der Waals surface area (Å²) in [5, 5.41) is 0.592. The summed E-state index contributed by atoms with van der Waals surface area (Å²) >= 11 is 5.93. The van der Waals surface area contributed by atoms with Crippen molar-refractivity contribution >= 4 is 22.8 Å². The Morgan fingerprint density at radius 2 is 1.70 bits per heavy atom. The van der Waals surface area contributed by atoms with Crippen LogP contribution < -0.4 is 16.0 Å². The maximum Gasteiger partial charge on any atom is 0.332 e. The summed E-state index contributed by atoms with van der Waals surface area (Å²) in [6.45, 7) is 4.05. The van der Waals surface area contributed by atoms with Gasteiger partial charge in [0.15, 0.2) is 11.2 Å². The SMILES string of the molecule is Cc1ccc(C)c(Oc2nc3c(c(=O)n(Cc4ccc(Cl)cc4)c(=O)n3C)n2C)c1. The van der Waals surface area contributed by atoms with Crippen molar-refractivity contribution in [2.45, 2.75) is 20.4 Å². The summed E-state index contributed by atoms with van der Waals surface area (Å²) in [6, 6.07) is 13.1. The standard InChI is InChI=1S/C22H21ClN4O3/c1-13-5-6-14(2)17(11-13)30-21-24-19-18(25(21)3)20(28)27(22(29)26(19)4)12-15-7-9-16(23)10-8-15/h5-11H,12H2,1-4H3. The van der Waals surface area contributed by atoms with Crippen LogP contribution in [0.25, 0.3) is 11.2 Å². The second-order valence-electron chi connectivity index (χ2n) is 7.36. The zero-order chi connectivity index (χ0) is 21.6. The van der Waals surface area contributed by atoms with Crippen molar-refractivity contribution in [2.24, 2.45) is 14.1 Å². The first-order chi connectivity index (χ1) is 14.3. The molecule has 4 aromatic rings. The van der Waals surface area contributed by atoms with Crippen LogP contribution in [-0.4, -0.2) is 18.7 Å². The lowest BCUT2D eigenvalue weighted by Gasteiger charge is -2.09. The molecule has 2 aromatic heterocycles. The van der Waals surface area contributed by atoms with Crippen LogP contribution in [0.1, 0.15) is 16.7 Å². The minimum atomic E-state index is -0.446. The van der Waals surface area contributed by atoms with Gasteiger partial charge in [0, 0.05) is 19.1 Å². The Kier molecular flexibility index (Phi) is 4.99. The van der Waals surface area contributed by atoms with Crippen LogP contribution in [0, 0.1) is 13.8 Å². The minimum Gasteiger partial charge on any atom is -0.425 e. The molecule has 8 heteroatoms. The van der Waals surface area contributed by atoms with Crippen molar-refractivity contribution in [3.63, 3.8) is 0 Å². The minimum absolute atomic E-state index is 0.136. The average molecular weight is 425 g/mol. The molecule has 0 aliphatic rings. The fourth-order valence-electron chi connectivity index (χ4n) is 3.34. The molecule has 30 heavy (non-hydrogen) atoms. The van der Waals surface area contributed by atoms with Crippen LogP contribution in [0.3, 0.4) is 0 Å². The molecule has 0 bridgehead atoms. The highest BCUT2D eigenvalue weighted by atomic mass is 35.5. The van der Waals surface area contributed by atoms with Crippen molar-refractivity contribution in [1.82, 2.24) is 18.7 Å². The zero-order valence-electron chi connectivity index (χ0n) is 17.1. The molecule has 0 atom stereocenters. The van der Waals surface area contributed by atoms with E-state index >= 15 is 0 Å². The molecule has 0 unspecified atom stereocenters. The van der Waals surface area contributed by atoms with Gasteiger partial charge in [0.25, 0.3) is 5.56 Å². The van der Waals surface area contributed by atoms with Crippen LogP contribution in [0.4, 0.5) is 0 Å². The normalized spacial score (nSPS) is 11.2. The maximum absolute atomic E-state index is 13.2. The Hall–Kier alpha value is -3.32. The third-order valence-electron chi connectivity index (χ3n) is 5.12. The van der Waals surface area contributed by atoms with Gasteiger partial charge in [-0.1, -0.05) is 35.9 Å². The number of imidazole rings is 1. The topological polar surface area (TPSA) is 71.1 Å². The summed E-state index contributed by atoms with van der Waals surface area (Å²) in [6.07, 6.45) is 0. The highest BCUT2D eigenvalue weighted by Gasteiger charge is 2.20. The molecule has 0 saturated heterocycles. The van der Waals surface area contributed by atoms with E-state index in [1.54, 1.807) is 42.9 Å². The van der Waals surface area contributed by atoms with Crippen LogP contribution in [0.5, 0.6) is 11.8 Å². The van der Waals surface area contributed by atoms with E-state index in [4.69, 9.17) is 16.3 Å².